The summed E-state index contributed by atoms with van der Waals surface area (Å²) in [4.78, 5) is 14.5. The van der Waals surface area contributed by atoms with Crippen molar-refractivity contribution in [2.75, 3.05) is 13.1 Å². The zero-order chi connectivity index (χ0) is 12.6. The number of rotatable bonds is 3. The molecule has 1 aromatic heterocycles. The number of carboxylic acid groups (broad SMARTS) is 1. The van der Waals surface area contributed by atoms with Crippen molar-refractivity contribution in [3.8, 4) is 0 Å². The van der Waals surface area contributed by atoms with Gasteiger partial charge in [-0.3, -0.25) is 9.69 Å². The van der Waals surface area contributed by atoms with Gasteiger partial charge in [0.2, 0.25) is 0 Å². The fourth-order valence-corrected chi connectivity index (χ4v) is 4.43. The summed E-state index contributed by atoms with van der Waals surface area (Å²) in [7, 11) is 0. The normalized spacial score (nSPS) is 25.4. The molecule has 1 N–H and O–H groups in total. The predicted molar refractivity (Wildman–Crippen MR) is 75.3 cm³/mol. The molecule has 0 aliphatic carbocycles. The molecule has 1 fully saturated rings. The van der Waals surface area contributed by atoms with Crippen molar-refractivity contribution in [2.24, 2.45) is 11.8 Å². The lowest BCUT2D eigenvalue weighted by molar-refractivity contribution is -0.142. The largest absolute Gasteiger partial charge is 0.481 e. The van der Waals surface area contributed by atoms with Crippen molar-refractivity contribution in [1.29, 1.82) is 0 Å². The molecular weight excluding hydrogens is 370 g/mol. The second kappa shape index (κ2) is 5.38. The van der Waals surface area contributed by atoms with Crippen LogP contribution in [0.2, 0.25) is 0 Å². The molecule has 2 heterocycles. The Hall–Kier alpha value is 0.0900. The fraction of sp³-hybridized carbons (Fsp3) is 0.545. The molecule has 94 valence electrons. The Labute approximate surface area is 121 Å². The van der Waals surface area contributed by atoms with Gasteiger partial charge >= 0.3 is 5.97 Å². The summed E-state index contributed by atoms with van der Waals surface area (Å²) >= 11 is 8.63. The number of aliphatic carboxylic acids is 1. The molecule has 0 amide bonds. The van der Waals surface area contributed by atoms with Crippen LogP contribution in [-0.2, 0) is 11.3 Å². The lowest BCUT2D eigenvalue weighted by atomic mass is 9.99. The van der Waals surface area contributed by atoms with Gasteiger partial charge in [-0.15, -0.1) is 11.3 Å². The fourth-order valence-electron chi connectivity index (χ4n) is 2.21. The number of nitrogens with zero attached hydrogens (tertiary/aromatic N) is 1. The third kappa shape index (κ3) is 3.10. The Balaban J connectivity index is 2.00. The minimum Gasteiger partial charge on any atom is -0.481 e. The smallest absolute Gasteiger partial charge is 0.308 e. The van der Waals surface area contributed by atoms with Crippen LogP contribution in [0.5, 0.6) is 0 Å². The third-order valence-electron chi connectivity index (χ3n) is 3.08. The van der Waals surface area contributed by atoms with E-state index in [1.165, 1.54) is 4.88 Å². The lowest BCUT2D eigenvalue weighted by Crippen LogP contribution is -2.22. The van der Waals surface area contributed by atoms with Gasteiger partial charge in [-0.2, -0.15) is 0 Å². The summed E-state index contributed by atoms with van der Waals surface area (Å²) < 4.78 is 2.16. The third-order valence-corrected chi connectivity index (χ3v) is 6.32. The SMILES string of the molecule is C[C@@H]1CN(Cc2cc(Br)c(Br)s2)C[C@H]1C(=O)O. The van der Waals surface area contributed by atoms with Gasteiger partial charge in [-0.05, 0) is 43.8 Å². The Bertz CT molecular complexity index is 416. The van der Waals surface area contributed by atoms with Crippen molar-refractivity contribution in [1.82, 2.24) is 4.90 Å². The van der Waals surface area contributed by atoms with Crippen molar-refractivity contribution >= 4 is 49.2 Å². The maximum Gasteiger partial charge on any atom is 0.308 e. The van der Waals surface area contributed by atoms with Gasteiger partial charge in [0.15, 0.2) is 0 Å². The van der Waals surface area contributed by atoms with Crippen LogP contribution in [0.3, 0.4) is 0 Å². The summed E-state index contributed by atoms with van der Waals surface area (Å²) in [6.07, 6.45) is 0. The van der Waals surface area contributed by atoms with E-state index in [2.05, 4.69) is 42.8 Å². The number of hydrogen-bond donors (Lipinski definition) is 1. The molecule has 1 saturated heterocycles. The van der Waals surface area contributed by atoms with Gasteiger partial charge in [0.05, 0.1) is 9.70 Å². The Morgan fingerprint density at radius 2 is 2.29 bits per heavy atom. The van der Waals surface area contributed by atoms with Gasteiger partial charge in [0, 0.05) is 29.0 Å². The summed E-state index contributed by atoms with van der Waals surface area (Å²) in [5, 5.41) is 9.08. The maximum atomic E-state index is 11.0. The molecule has 3 nitrogen and oxygen atoms in total. The number of thiophene rings is 1. The monoisotopic (exact) mass is 381 g/mol. The number of carboxylic acids is 1. The highest BCUT2D eigenvalue weighted by Crippen LogP contribution is 2.34. The summed E-state index contributed by atoms with van der Waals surface area (Å²) in [5.41, 5.74) is 0. The van der Waals surface area contributed by atoms with Crippen LogP contribution in [0.1, 0.15) is 11.8 Å². The molecular formula is C11H13Br2NO2S. The van der Waals surface area contributed by atoms with E-state index < -0.39 is 5.97 Å². The molecule has 2 rings (SSSR count). The summed E-state index contributed by atoms with van der Waals surface area (Å²) in [5.74, 6) is -0.658. The first-order chi connectivity index (χ1) is 7.97. The molecule has 0 radical (unpaired) electrons. The molecule has 0 bridgehead atoms. The van der Waals surface area contributed by atoms with Crippen molar-refractivity contribution in [2.45, 2.75) is 13.5 Å². The van der Waals surface area contributed by atoms with E-state index in [9.17, 15) is 4.79 Å². The molecule has 2 atom stereocenters. The highest BCUT2D eigenvalue weighted by Gasteiger charge is 2.34. The highest BCUT2D eigenvalue weighted by molar-refractivity contribution is 9.13. The topological polar surface area (TPSA) is 40.5 Å². The number of hydrogen-bond acceptors (Lipinski definition) is 3. The van der Waals surface area contributed by atoms with Crippen molar-refractivity contribution in [3.63, 3.8) is 0 Å². The zero-order valence-electron chi connectivity index (χ0n) is 9.32. The van der Waals surface area contributed by atoms with Crippen LogP contribution in [0.25, 0.3) is 0 Å². The molecule has 0 saturated carbocycles. The molecule has 17 heavy (non-hydrogen) atoms. The first-order valence-corrected chi connectivity index (χ1v) is 7.76. The van der Waals surface area contributed by atoms with Crippen LogP contribution in [-0.4, -0.2) is 29.1 Å². The number of halogens is 2. The van der Waals surface area contributed by atoms with E-state index in [0.29, 0.717) is 6.54 Å². The molecule has 1 aliphatic heterocycles. The number of likely N-dealkylation sites (tertiary alicyclic amines) is 1. The van der Waals surface area contributed by atoms with E-state index in [-0.39, 0.29) is 11.8 Å². The Morgan fingerprint density at radius 1 is 1.59 bits per heavy atom. The zero-order valence-corrected chi connectivity index (χ0v) is 13.3. The second-order valence-electron chi connectivity index (χ2n) is 4.45. The minimum absolute atomic E-state index is 0.221. The molecule has 0 aromatic carbocycles. The van der Waals surface area contributed by atoms with Gasteiger partial charge in [0.1, 0.15) is 0 Å². The van der Waals surface area contributed by atoms with E-state index in [1.807, 2.05) is 6.92 Å². The maximum absolute atomic E-state index is 11.0. The van der Waals surface area contributed by atoms with Gasteiger partial charge in [-0.1, -0.05) is 6.92 Å². The van der Waals surface area contributed by atoms with Gasteiger partial charge < -0.3 is 5.11 Å². The highest BCUT2D eigenvalue weighted by atomic mass is 79.9. The van der Waals surface area contributed by atoms with Gasteiger partial charge in [0.25, 0.3) is 0 Å². The van der Waals surface area contributed by atoms with E-state index in [1.54, 1.807) is 11.3 Å². The van der Waals surface area contributed by atoms with Gasteiger partial charge in [-0.25, -0.2) is 0 Å². The summed E-state index contributed by atoms with van der Waals surface area (Å²) in [6.45, 7) is 4.37. The average Bonchev–Trinajstić information content (AvgIpc) is 2.72. The van der Waals surface area contributed by atoms with Crippen LogP contribution < -0.4 is 0 Å². The van der Waals surface area contributed by atoms with Crippen LogP contribution >= 0.6 is 43.2 Å². The number of carbonyl (C=O) groups is 1. The lowest BCUT2D eigenvalue weighted by Gasteiger charge is -2.13. The van der Waals surface area contributed by atoms with E-state index >= 15 is 0 Å². The second-order valence-corrected chi connectivity index (χ2v) is 7.76. The minimum atomic E-state index is -0.673. The first-order valence-electron chi connectivity index (χ1n) is 5.36. The predicted octanol–water partition coefficient (Wildman–Crippen LogP) is 3.43. The average molecular weight is 383 g/mol. The Morgan fingerprint density at radius 3 is 2.76 bits per heavy atom. The standard InChI is InChI=1S/C11H13Br2NO2S/c1-6-3-14(5-8(6)11(15)16)4-7-2-9(12)10(13)17-7/h2,6,8H,3-5H2,1H3,(H,15,16)/t6-,8-/m1/s1. The molecule has 1 aliphatic rings. The summed E-state index contributed by atoms with van der Waals surface area (Å²) in [6, 6.07) is 2.09. The molecule has 6 heteroatoms. The molecule has 1 aromatic rings. The van der Waals surface area contributed by atoms with Crippen molar-refractivity contribution < 1.29 is 9.90 Å². The van der Waals surface area contributed by atoms with Crippen LogP contribution in [0.4, 0.5) is 0 Å². The molecule has 0 spiro atoms. The first kappa shape index (κ1) is 13.5. The molecule has 0 unspecified atom stereocenters. The van der Waals surface area contributed by atoms with Crippen molar-refractivity contribution in [3.05, 3.63) is 19.2 Å². The van der Waals surface area contributed by atoms with E-state index in [4.69, 9.17) is 5.11 Å². The van der Waals surface area contributed by atoms with Crippen LogP contribution in [0.15, 0.2) is 14.3 Å². The van der Waals surface area contributed by atoms with E-state index in [0.717, 1.165) is 21.3 Å². The Kier molecular flexibility index (Phi) is 4.28. The quantitative estimate of drug-likeness (QED) is 0.870. The van der Waals surface area contributed by atoms with Crippen LogP contribution in [0, 0.1) is 11.8 Å².